The first-order chi connectivity index (χ1) is 15.0. The van der Waals surface area contributed by atoms with Gasteiger partial charge in [-0.1, -0.05) is 12.1 Å². The predicted octanol–water partition coefficient (Wildman–Crippen LogP) is 3.72. The molecule has 0 atom stereocenters. The van der Waals surface area contributed by atoms with Gasteiger partial charge in [0.25, 0.3) is 0 Å². The van der Waals surface area contributed by atoms with E-state index in [0.717, 1.165) is 71.2 Å². The molecule has 168 valence electrons. The van der Waals surface area contributed by atoms with E-state index < -0.39 is 0 Å². The zero-order chi connectivity index (χ0) is 21.5. The van der Waals surface area contributed by atoms with E-state index in [1.165, 1.54) is 5.56 Å². The molecular formula is C25H33FN2O3. The second kappa shape index (κ2) is 7.89. The summed E-state index contributed by atoms with van der Waals surface area (Å²) in [4.78, 5) is 15.6. The molecule has 1 amide bonds. The van der Waals surface area contributed by atoms with Crippen LogP contribution in [0.4, 0.5) is 4.39 Å². The van der Waals surface area contributed by atoms with Gasteiger partial charge in [0, 0.05) is 43.8 Å². The number of halogens is 1. The average molecular weight is 429 g/mol. The molecule has 2 aliphatic carbocycles. The molecule has 1 aromatic rings. The first-order valence-electron chi connectivity index (χ1n) is 11.6. The second-order valence-corrected chi connectivity index (χ2v) is 10.3. The Hall–Kier alpha value is -1.92. The van der Waals surface area contributed by atoms with Gasteiger partial charge in [0.2, 0.25) is 5.91 Å². The Morgan fingerprint density at radius 2 is 1.77 bits per heavy atom. The molecule has 2 bridgehead atoms. The van der Waals surface area contributed by atoms with Crippen LogP contribution in [0.15, 0.2) is 36.2 Å². The number of rotatable bonds is 6. The van der Waals surface area contributed by atoms with Crippen molar-refractivity contribution in [1.82, 2.24) is 4.90 Å². The summed E-state index contributed by atoms with van der Waals surface area (Å²) >= 11 is 0. The number of fused-ring (bicyclic) bond motifs is 2. The van der Waals surface area contributed by atoms with Crippen LogP contribution in [0.3, 0.4) is 0 Å². The van der Waals surface area contributed by atoms with Crippen molar-refractivity contribution in [2.75, 3.05) is 39.5 Å². The van der Waals surface area contributed by atoms with Crippen LogP contribution in [0.1, 0.15) is 50.5 Å². The summed E-state index contributed by atoms with van der Waals surface area (Å²) in [7, 11) is 0. The quantitative estimate of drug-likeness (QED) is 0.750. The topological polar surface area (TPSA) is 64.8 Å². The van der Waals surface area contributed by atoms with Gasteiger partial charge in [0.05, 0.1) is 11.7 Å². The van der Waals surface area contributed by atoms with Crippen molar-refractivity contribution in [3.63, 3.8) is 0 Å². The van der Waals surface area contributed by atoms with Gasteiger partial charge in [-0.05, 0) is 68.1 Å². The number of hydrogen-bond donors (Lipinski definition) is 1. The van der Waals surface area contributed by atoms with E-state index in [9.17, 15) is 9.18 Å². The minimum Gasteiger partial charge on any atom is -0.489 e. The molecule has 2 saturated carbocycles. The lowest BCUT2D eigenvalue weighted by atomic mass is 9.71. The van der Waals surface area contributed by atoms with E-state index in [0.29, 0.717) is 29.0 Å². The van der Waals surface area contributed by atoms with Crippen molar-refractivity contribution >= 4 is 5.91 Å². The van der Waals surface area contributed by atoms with Crippen molar-refractivity contribution in [3.8, 4) is 5.75 Å². The van der Waals surface area contributed by atoms with Crippen molar-refractivity contribution in [1.29, 1.82) is 0 Å². The Morgan fingerprint density at radius 3 is 2.39 bits per heavy atom. The molecule has 2 saturated heterocycles. The first-order valence-corrected chi connectivity index (χ1v) is 11.6. The van der Waals surface area contributed by atoms with Crippen LogP contribution in [-0.4, -0.2) is 50.3 Å². The summed E-state index contributed by atoms with van der Waals surface area (Å²) < 4.78 is 23.8. The summed E-state index contributed by atoms with van der Waals surface area (Å²) in [5, 5.41) is 0. The lowest BCUT2D eigenvalue weighted by Crippen LogP contribution is -2.62. The molecule has 0 radical (unpaired) electrons. The molecular weight excluding hydrogens is 395 g/mol. The highest BCUT2D eigenvalue weighted by molar-refractivity contribution is 5.85. The standard InChI is InChI=1S/C25H33FN2O3/c26-13-19(14-27)15-31-21-3-1-20(2-4-21)24-5-7-25(16-24,8-6-24)22(29)28-17-23(18-28)9-11-30-12-10-23/h1-4,13H,5-12,14-18,27H2/b19-13+. The molecule has 5 nitrogen and oxygen atoms in total. The molecule has 4 aliphatic rings. The summed E-state index contributed by atoms with van der Waals surface area (Å²) in [6.45, 7) is 3.85. The second-order valence-electron chi connectivity index (χ2n) is 10.3. The molecule has 1 spiro atoms. The van der Waals surface area contributed by atoms with Crippen molar-refractivity contribution in [2.45, 2.75) is 50.4 Å². The lowest BCUT2D eigenvalue weighted by molar-refractivity contribution is -0.160. The number of benzene rings is 1. The van der Waals surface area contributed by atoms with Crippen LogP contribution < -0.4 is 10.5 Å². The van der Waals surface area contributed by atoms with Crippen molar-refractivity contribution < 1.29 is 18.7 Å². The van der Waals surface area contributed by atoms with Crippen LogP contribution in [0, 0.1) is 10.8 Å². The average Bonchev–Trinajstić information content (AvgIpc) is 3.38. The van der Waals surface area contributed by atoms with E-state index in [-0.39, 0.29) is 24.0 Å². The van der Waals surface area contributed by atoms with Crippen molar-refractivity contribution in [2.24, 2.45) is 16.6 Å². The number of hydrogen-bond acceptors (Lipinski definition) is 4. The molecule has 2 N–H and O–H groups in total. The summed E-state index contributed by atoms with van der Waals surface area (Å²) in [5.41, 5.74) is 7.50. The number of amides is 1. The maximum Gasteiger partial charge on any atom is 0.228 e. The molecule has 4 fully saturated rings. The Labute approximate surface area is 183 Å². The summed E-state index contributed by atoms with van der Waals surface area (Å²) in [6, 6.07) is 8.17. The molecule has 5 rings (SSSR count). The molecule has 0 unspecified atom stereocenters. The fourth-order valence-electron chi connectivity index (χ4n) is 6.47. The molecule has 1 aromatic carbocycles. The monoisotopic (exact) mass is 428 g/mol. The molecule has 31 heavy (non-hydrogen) atoms. The number of carbonyl (C=O) groups excluding carboxylic acids is 1. The third kappa shape index (κ3) is 3.58. The fourth-order valence-corrected chi connectivity index (χ4v) is 6.47. The van der Waals surface area contributed by atoms with Gasteiger partial charge in [-0.3, -0.25) is 4.79 Å². The number of likely N-dealkylation sites (tertiary alicyclic amines) is 1. The molecule has 2 heterocycles. The summed E-state index contributed by atoms with van der Waals surface area (Å²) in [6.07, 6.45) is 7.82. The SMILES string of the molecule is NC/C(=C\F)COc1ccc(C23CCC(C(=O)N4CC5(CCOCC5)C4)(CC2)C3)cc1. The maximum atomic E-state index is 13.5. The van der Waals surface area contributed by atoms with Gasteiger partial charge < -0.3 is 20.1 Å². The van der Waals surface area contributed by atoms with Crippen LogP contribution in [0.5, 0.6) is 5.75 Å². The zero-order valence-corrected chi connectivity index (χ0v) is 18.2. The zero-order valence-electron chi connectivity index (χ0n) is 18.2. The highest BCUT2D eigenvalue weighted by Crippen LogP contribution is 2.63. The number of carbonyl (C=O) groups is 1. The highest BCUT2D eigenvalue weighted by Gasteiger charge is 2.61. The fraction of sp³-hybridized carbons (Fsp3) is 0.640. The predicted molar refractivity (Wildman–Crippen MR) is 116 cm³/mol. The largest absolute Gasteiger partial charge is 0.489 e. The van der Waals surface area contributed by atoms with Crippen molar-refractivity contribution in [3.05, 3.63) is 41.7 Å². The molecule has 0 aromatic heterocycles. The van der Waals surface area contributed by atoms with Crippen LogP contribution in [0.25, 0.3) is 0 Å². The van der Waals surface area contributed by atoms with Gasteiger partial charge in [0.15, 0.2) is 0 Å². The lowest BCUT2D eigenvalue weighted by Gasteiger charge is -2.54. The molecule has 2 aliphatic heterocycles. The number of ether oxygens (including phenoxy) is 2. The van der Waals surface area contributed by atoms with Crippen LogP contribution >= 0.6 is 0 Å². The minimum atomic E-state index is -0.163. The number of nitrogens with two attached hydrogens (primary N) is 1. The molecule has 6 heteroatoms. The van der Waals surface area contributed by atoms with Gasteiger partial charge in [0.1, 0.15) is 12.4 Å². The van der Waals surface area contributed by atoms with E-state index in [1.54, 1.807) is 0 Å². The maximum absolute atomic E-state index is 13.5. The first kappa shape index (κ1) is 21.0. The van der Waals surface area contributed by atoms with Crippen LogP contribution in [0.2, 0.25) is 0 Å². The van der Waals surface area contributed by atoms with E-state index in [4.69, 9.17) is 15.2 Å². The highest BCUT2D eigenvalue weighted by atomic mass is 19.1. The third-order valence-corrected chi connectivity index (χ3v) is 8.50. The third-order valence-electron chi connectivity index (χ3n) is 8.50. The number of nitrogens with zero attached hydrogens (tertiary/aromatic N) is 1. The minimum absolute atomic E-state index is 0.108. The van der Waals surface area contributed by atoms with Gasteiger partial charge in [-0.2, -0.15) is 0 Å². The Kier molecular flexibility index (Phi) is 5.33. The summed E-state index contributed by atoms with van der Waals surface area (Å²) in [5.74, 6) is 1.12. The van der Waals surface area contributed by atoms with Gasteiger partial charge >= 0.3 is 0 Å². The normalized spacial score (nSPS) is 31.7. The van der Waals surface area contributed by atoms with Gasteiger partial charge in [-0.25, -0.2) is 4.39 Å². The Morgan fingerprint density at radius 1 is 1.10 bits per heavy atom. The van der Waals surface area contributed by atoms with E-state index in [2.05, 4.69) is 17.0 Å². The Bertz CT molecular complexity index is 844. The van der Waals surface area contributed by atoms with E-state index >= 15 is 0 Å². The van der Waals surface area contributed by atoms with Crippen LogP contribution in [-0.2, 0) is 14.9 Å². The van der Waals surface area contributed by atoms with Gasteiger partial charge in [-0.15, -0.1) is 0 Å². The van der Waals surface area contributed by atoms with E-state index in [1.807, 2.05) is 12.1 Å². The Balaban J connectivity index is 1.22. The smallest absolute Gasteiger partial charge is 0.228 e.